The summed E-state index contributed by atoms with van der Waals surface area (Å²) < 4.78 is 6.42. The van der Waals surface area contributed by atoms with E-state index in [-0.39, 0.29) is 0 Å². The predicted molar refractivity (Wildman–Crippen MR) is 103 cm³/mol. The van der Waals surface area contributed by atoms with Crippen molar-refractivity contribution in [2.45, 2.75) is 58.6 Å². The number of hydrogen-bond acceptors (Lipinski definition) is 3. The number of likely N-dealkylation sites (tertiary alicyclic amines) is 1. The van der Waals surface area contributed by atoms with Crippen molar-refractivity contribution in [2.75, 3.05) is 13.1 Å². The van der Waals surface area contributed by atoms with E-state index in [1.54, 1.807) is 0 Å². The fraction of sp³-hybridized carbons (Fsp3) is 0.591. The molecule has 4 rings (SSSR count). The van der Waals surface area contributed by atoms with E-state index in [2.05, 4.69) is 49.1 Å². The van der Waals surface area contributed by atoms with Gasteiger partial charge in [-0.15, -0.1) is 0 Å². The predicted octanol–water partition coefficient (Wildman–Crippen LogP) is 5.03. The van der Waals surface area contributed by atoms with E-state index < -0.39 is 0 Å². The summed E-state index contributed by atoms with van der Waals surface area (Å²) in [6.07, 6.45) is 6.83. The highest BCUT2D eigenvalue weighted by Gasteiger charge is 2.29. The highest BCUT2D eigenvalue weighted by Crippen LogP contribution is 2.33. The third-order valence-corrected chi connectivity index (χ3v) is 5.95. The van der Waals surface area contributed by atoms with Gasteiger partial charge in [0.2, 0.25) is 0 Å². The Labute approximate surface area is 151 Å². The molecule has 0 unspecified atom stereocenters. The maximum Gasteiger partial charge on any atom is 0.120 e. The summed E-state index contributed by atoms with van der Waals surface area (Å²) in [5.41, 5.74) is 2.25. The second-order valence-electron chi connectivity index (χ2n) is 8.14. The average Bonchev–Trinajstić information content (AvgIpc) is 2.58. The molecule has 0 spiro atoms. The Morgan fingerprint density at radius 2 is 1.92 bits per heavy atom. The van der Waals surface area contributed by atoms with Gasteiger partial charge in [-0.3, -0.25) is 9.88 Å². The summed E-state index contributed by atoms with van der Waals surface area (Å²) in [4.78, 5) is 7.28. The van der Waals surface area contributed by atoms with Crippen molar-refractivity contribution in [2.24, 2.45) is 11.8 Å². The van der Waals surface area contributed by atoms with Gasteiger partial charge in [-0.2, -0.15) is 0 Å². The maximum atomic E-state index is 6.42. The molecule has 0 bridgehead atoms. The molecule has 2 aliphatic rings. The molecule has 25 heavy (non-hydrogen) atoms. The second-order valence-corrected chi connectivity index (χ2v) is 8.14. The number of aromatic nitrogens is 1. The molecule has 1 aliphatic carbocycles. The molecule has 2 fully saturated rings. The highest BCUT2D eigenvalue weighted by molar-refractivity contribution is 5.80. The Kier molecular flexibility index (Phi) is 4.93. The second kappa shape index (κ2) is 7.33. The van der Waals surface area contributed by atoms with Gasteiger partial charge in [0.25, 0.3) is 0 Å². The van der Waals surface area contributed by atoms with E-state index in [0.29, 0.717) is 17.9 Å². The molecule has 0 amide bonds. The lowest BCUT2D eigenvalue weighted by molar-refractivity contribution is 0.0664. The number of pyridine rings is 1. The third-order valence-electron chi connectivity index (χ3n) is 5.95. The van der Waals surface area contributed by atoms with Crippen molar-refractivity contribution in [1.29, 1.82) is 0 Å². The molecular formula is C22H30N2O. The van der Waals surface area contributed by atoms with E-state index >= 15 is 0 Å². The monoisotopic (exact) mass is 338 g/mol. The molecule has 0 radical (unpaired) electrons. The molecule has 2 atom stereocenters. The van der Waals surface area contributed by atoms with Crippen LogP contribution >= 0.6 is 0 Å². The van der Waals surface area contributed by atoms with E-state index in [0.717, 1.165) is 17.8 Å². The Morgan fingerprint density at radius 3 is 2.68 bits per heavy atom. The quantitative estimate of drug-likeness (QED) is 0.764. The van der Waals surface area contributed by atoms with Crippen molar-refractivity contribution >= 4 is 10.9 Å². The summed E-state index contributed by atoms with van der Waals surface area (Å²) in [5, 5.41) is 1.18. The molecule has 1 saturated heterocycles. The number of nitrogens with zero attached hydrogens (tertiary/aromatic N) is 2. The van der Waals surface area contributed by atoms with Gasteiger partial charge < -0.3 is 4.74 Å². The fourth-order valence-corrected chi connectivity index (χ4v) is 4.29. The van der Waals surface area contributed by atoms with E-state index in [1.807, 2.05) is 0 Å². The first-order valence-electron chi connectivity index (χ1n) is 9.98. The van der Waals surface area contributed by atoms with Crippen molar-refractivity contribution in [3.63, 3.8) is 0 Å². The molecule has 3 nitrogen and oxygen atoms in total. The molecule has 1 aromatic carbocycles. The van der Waals surface area contributed by atoms with Crippen LogP contribution in [0.2, 0.25) is 0 Å². The molecule has 2 heterocycles. The molecule has 134 valence electrons. The minimum atomic E-state index is 0.366. The van der Waals surface area contributed by atoms with E-state index in [4.69, 9.17) is 9.72 Å². The Balaban J connectivity index is 1.49. The van der Waals surface area contributed by atoms with Gasteiger partial charge in [0.1, 0.15) is 11.9 Å². The minimum absolute atomic E-state index is 0.366. The SMILES string of the molecule is CC(C)[C@H]1CCCC[C@H]1Oc1ccc2nc(CN3CCC3)ccc2c1. The smallest absolute Gasteiger partial charge is 0.120 e. The number of ether oxygens (including phenoxy) is 1. The Morgan fingerprint density at radius 1 is 1.08 bits per heavy atom. The van der Waals surface area contributed by atoms with Crippen LogP contribution < -0.4 is 4.74 Å². The van der Waals surface area contributed by atoms with Gasteiger partial charge >= 0.3 is 0 Å². The van der Waals surface area contributed by atoms with Crippen LogP contribution in [0.4, 0.5) is 0 Å². The number of benzene rings is 1. The van der Waals surface area contributed by atoms with Crippen molar-refractivity contribution in [3.8, 4) is 5.75 Å². The van der Waals surface area contributed by atoms with Crippen molar-refractivity contribution < 1.29 is 4.74 Å². The summed E-state index contributed by atoms with van der Waals surface area (Å²) >= 11 is 0. The Hall–Kier alpha value is -1.61. The lowest BCUT2D eigenvalue weighted by Crippen LogP contribution is -2.36. The van der Waals surface area contributed by atoms with Crippen molar-refractivity contribution in [1.82, 2.24) is 9.88 Å². The third kappa shape index (κ3) is 3.82. The zero-order chi connectivity index (χ0) is 17.2. The summed E-state index contributed by atoms with van der Waals surface area (Å²) in [7, 11) is 0. The molecule has 1 saturated carbocycles. The molecule has 0 N–H and O–H groups in total. The number of rotatable bonds is 5. The topological polar surface area (TPSA) is 25.4 Å². The molecule has 1 aromatic heterocycles. The van der Waals surface area contributed by atoms with Gasteiger partial charge in [-0.05, 0) is 74.9 Å². The van der Waals surface area contributed by atoms with Gasteiger partial charge in [0.05, 0.1) is 11.2 Å². The molecular weight excluding hydrogens is 308 g/mol. The van der Waals surface area contributed by atoms with Crippen LogP contribution in [0.1, 0.15) is 51.6 Å². The van der Waals surface area contributed by atoms with Crippen LogP contribution in [0, 0.1) is 11.8 Å². The normalized spacial score (nSPS) is 24.4. The first kappa shape index (κ1) is 16.8. The zero-order valence-corrected chi connectivity index (χ0v) is 15.6. The van der Waals surface area contributed by atoms with Crippen LogP contribution in [-0.4, -0.2) is 29.1 Å². The van der Waals surface area contributed by atoms with Gasteiger partial charge in [-0.1, -0.05) is 26.3 Å². The van der Waals surface area contributed by atoms with Crippen molar-refractivity contribution in [3.05, 3.63) is 36.0 Å². The Bertz CT molecular complexity index is 723. The summed E-state index contributed by atoms with van der Waals surface area (Å²) in [6, 6.07) is 10.8. The van der Waals surface area contributed by atoms with Crippen LogP contribution in [0.5, 0.6) is 5.75 Å². The zero-order valence-electron chi connectivity index (χ0n) is 15.6. The van der Waals surface area contributed by atoms with Gasteiger partial charge in [0.15, 0.2) is 0 Å². The largest absolute Gasteiger partial charge is 0.490 e. The minimum Gasteiger partial charge on any atom is -0.490 e. The van der Waals surface area contributed by atoms with E-state index in [9.17, 15) is 0 Å². The fourth-order valence-electron chi connectivity index (χ4n) is 4.29. The lowest BCUT2D eigenvalue weighted by atomic mass is 9.79. The van der Waals surface area contributed by atoms with Gasteiger partial charge in [-0.25, -0.2) is 0 Å². The maximum absolute atomic E-state index is 6.42. The van der Waals surface area contributed by atoms with E-state index in [1.165, 1.54) is 56.3 Å². The highest BCUT2D eigenvalue weighted by atomic mass is 16.5. The molecule has 2 aromatic rings. The first-order chi connectivity index (χ1) is 12.2. The summed E-state index contributed by atoms with van der Waals surface area (Å²) in [5.74, 6) is 2.38. The standard InChI is InChI=1S/C22H30N2O/c1-16(2)20-6-3-4-7-22(20)25-19-10-11-21-17(14-19)8-9-18(23-21)15-24-12-5-13-24/h8-11,14,16,20,22H,3-7,12-13,15H2,1-2H3/t20-,22-/m1/s1. The van der Waals surface area contributed by atoms with Crippen LogP contribution in [0.15, 0.2) is 30.3 Å². The number of hydrogen-bond donors (Lipinski definition) is 0. The molecule has 1 aliphatic heterocycles. The lowest BCUT2D eigenvalue weighted by Gasteiger charge is -2.34. The molecule has 3 heteroatoms. The first-order valence-corrected chi connectivity index (χ1v) is 9.98. The van der Waals surface area contributed by atoms with Crippen LogP contribution in [0.25, 0.3) is 10.9 Å². The average molecular weight is 338 g/mol. The van der Waals surface area contributed by atoms with Crippen LogP contribution in [0.3, 0.4) is 0 Å². The number of fused-ring (bicyclic) bond motifs is 1. The summed E-state index contributed by atoms with van der Waals surface area (Å²) in [6.45, 7) is 8.06. The van der Waals surface area contributed by atoms with Gasteiger partial charge in [0, 0.05) is 11.9 Å². The van der Waals surface area contributed by atoms with Crippen LogP contribution in [-0.2, 0) is 6.54 Å².